The number of carbonyl (C=O) groups excluding carboxylic acids is 1. The molecule has 0 bridgehead atoms. The zero-order valence-corrected chi connectivity index (χ0v) is 9.96. The summed E-state index contributed by atoms with van der Waals surface area (Å²) < 4.78 is 6.42. The van der Waals surface area contributed by atoms with Gasteiger partial charge in [-0.1, -0.05) is 24.1 Å². The van der Waals surface area contributed by atoms with Gasteiger partial charge in [-0.15, -0.1) is 0 Å². The Kier molecular flexibility index (Phi) is 3.77. The van der Waals surface area contributed by atoms with Crippen molar-refractivity contribution < 1.29 is 9.53 Å². The Morgan fingerprint density at radius 2 is 2.17 bits per heavy atom. The lowest BCUT2D eigenvalue weighted by molar-refractivity contribution is -0.136. The molecule has 0 saturated heterocycles. The molecule has 1 aromatic heterocycles. The topological polar surface area (TPSA) is 44.1 Å². The first-order chi connectivity index (χ1) is 8.79. The smallest absolute Gasteiger partial charge is 0.384 e. The van der Waals surface area contributed by atoms with Gasteiger partial charge < -0.3 is 4.74 Å². The lowest BCUT2D eigenvalue weighted by Gasteiger charge is -1.98. The summed E-state index contributed by atoms with van der Waals surface area (Å²) in [5.74, 6) is 4.59. The highest BCUT2D eigenvalue weighted by molar-refractivity contribution is 5.89. The van der Waals surface area contributed by atoms with Crippen molar-refractivity contribution in [2.45, 2.75) is 6.92 Å². The SMILES string of the molecule is CCOC(=O)C#Cc1cnn(-c2ccccc2)c1. The molecular formula is C14H12N2O2. The number of para-hydroxylation sites is 1. The van der Waals surface area contributed by atoms with Crippen molar-refractivity contribution in [1.82, 2.24) is 9.78 Å². The molecular weight excluding hydrogens is 228 g/mol. The highest BCUT2D eigenvalue weighted by Crippen LogP contribution is 2.06. The van der Waals surface area contributed by atoms with Crippen LogP contribution in [0.2, 0.25) is 0 Å². The second-order valence-corrected chi connectivity index (χ2v) is 3.48. The summed E-state index contributed by atoms with van der Waals surface area (Å²) in [5.41, 5.74) is 1.62. The van der Waals surface area contributed by atoms with Crippen molar-refractivity contribution in [1.29, 1.82) is 0 Å². The van der Waals surface area contributed by atoms with Crippen LogP contribution in [0.25, 0.3) is 5.69 Å². The Balaban J connectivity index is 2.14. The molecule has 0 spiro atoms. The lowest BCUT2D eigenvalue weighted by Crippen LogP contribution is -1.99. The van der Waals surface area contributed by atoms with Gasteiger partial charge in [-0.2, -0.15) is 5.10 Å². The molecule has 0 unspecified atom stereocenters. The second-order valence-electron chi connectivity index (χ2n) is 3.48. The minimum atomic E-state index is -0.523. The summed E-state index contributed by atoms with van der Waals surface area (Å²) in [7, 11) is 0. The number of nitrogens with zero attached hydrogens (tertiary/aromatic N) is 2. The molecule has 4 nitrogen and oxygen atoms in total. The maximum atomic E-state index is 11.1. The van der Waals surface area contributed by atoms with Crippen LogP contribution >= 0.6 is 0 Å². The first-order valence-corrected chi connectivity index (χ1v) is 5.58. The van der Waals surface area contributed by atoms with E-state index < -0.39 is 5.97 Å². The van der Waals surface area contributed by atoms with Gasteiger partial charge in [0.1, 0.15) is 0 Å². The third-order valence-corrected chi connectivity index (χ3v) is 2.19. The summed E-state index contributed by atoms with van der Waals surface area (Å²) >= 11 is 0. The molecule has 0 aliphatic heterocycles. The number of esters is 1. The predicted octanol–water partition coefficient (Wildman–Crippen LogP) is 1.79. The van der Waals surface area contributed by atoms with E-state index in [1.807, 2.05) is 30.3 Å². The quantitative estimate of drug-likeness (QED) is 0.593. The molecule has 1 aromatic carbocycles. The fourth-order valence-electron chi connectivity index (χ4n) is 1.40. The van der Waals surface area contributed by atoms with Crippen molar-refractivity contribution in [3.05, 3.63) is 48.3 Å². The van der Waals surface area contributed by atoms with Gasteiger partial charge in [0, 0.05) is 12.1 Å². The second kappa shape index (κ2) is 5.69. The van der Waals surface area contributed by atoms with Crippen molar-refractivity contribution >= 4 is 5.97 Å². The third-order valence-electron chi connectivity index (χ3n) is 2.19. The monoisotopic (exact) mass is 240 g/mol. The minimum absolute atomic E-state index is 0.330. The number of benzene rings is 1. The predicted molar refractivity (Wildman–Crippen MR) is 67.1 cm³/mol. The van der Waals surface area contributed by atoms with E-state index in [4.69, 9.17) is 4.74 Å². The maximum Gasteiger partial charge on any atom is 0.384 e. The molecule has 1 heterocycles. The van der Waals surface area contributed by atoms with Gasteiger partial charge in [0.05, 0.1) is 24.1 Å². The van der Waals surface area contributed by atoms with Crippen LogP contribution in [0.3, 0.4) is 0 Å². The Morgan fingerprint density at radius 1 is 1.39 bits per heavy atom. The van der Waals surface area contributed by atoms with Gasteiger partial charge in [-0.05, 0) is 19.1 Å². The van der Waals surface area contributed by atoms with Crippen molar-refractivity contribution in [3.63, 3.8) is 0 Å². The number of hydrogen-bond acceptors (Lipinski definition) is 3. The van der Waals surface area contributed by atoms with E-state index in [0.717, 1.165) is 5.69 Å². The van der Waals surface area contributed by atoms with Crippen LogP contribution in [0.4, 0.5) is 0 Å². The van der Waals surface area contributed by atoms with E-state index in [1.54, 1.807) is 24.0 Å². The molecule has 0 fully saturated rings. The Hall–Kier alpha value is -2.54. The van der Waals surface area contributed by atoms with Crippen LogP contribution in [0.5, 0.6) is 0 Å². The molecule has 0 saturated carbocycles. The van der Waals surface area contributed by atoms with Crippen molar-refractivity contribution in [2.24, 2.45) is 0 Å². The molecule has 4 heteroatoms. The molecule has 18 heavy (non-hydrogen) atoms. The lowest BCUT2D eigenvalue weighted by atomic mass is 10.3. The van der Waals surface area contributed by atoms with E-state index in [0.29, 0.717) is 12.2 Å². The van der Waals surface area contributed by atoms with Gasteiger partial charge in [0.2, 0.25) is 0 Å². The van der Waals surface area contributed by atoms with Gasteiger partial charge in [-0.25, -0.2) is 9.48 Å². The molecule has 0 aliphatic carbocycles. The zero-order chi connectivity index (χ0) is 12.8. The number of carbonyl (C=O) groups is 1. The first-order valence-electron chi connectivity index (χ1n) is 5.58. The standard InChI is InChI=1S/C14H12N2O2/c1-2-18-14(17)9-8-12-10-15-16(11-12)13-6-4-3-5-7-13/h3-7,10-11H,2H2,1H3. The average molecular weight is 240 g/mol. The normalized spacial score (nSPS) is 9.39. The summed E-state index contributed by atoms with van der Waals surface area (Å²) in [6.07, 6.45) is 3.38. The van der Waals surface area contributed by atoms with Gasteiger partial charge in [0.25, 0.3) is 0 Å². The van der Waals surface area contributed by atoms with Crippen LogP contribution in [0.15, 0.2) is 42.7 Å². The van der Waals surface area contributed by atoms with E-state index in [-0.39, 0.29) is 0 Å². The summed E-state index contributed by atoms with van der Waals surface area (Å²) in [4.78, 5) is 11.1. The molecule has 0 N–H and O–H groups in total. The number of hydrogen-bond donors (Lipinski definition) is 0. The molecule has 2 rings (SSSR count). The third kappa shape index (κ3) is 2.98. The van der Waals surface area contributed by atoms with Crippen molar-refractivity contribution in [3.8, 4) is 17.5 Å². The zero-order valence-electron chi connectivity index (χ0n) is 9.96. The van der Waals surface area contributed by atoms with Gasteiger partial charge >= 0.3 is 5.97 Å². The fraction of sp³-hybridized carbons (Fsp3) is 0.143. The highest BCUT2D eigenvalue weighted by Gasteiger charge is 1.98. The van der Waals surface area contributed by atoms with Crippen molar-refractivity contribution in [2.75, 3.05) is 6.61 Å². The summed E-state index contributed by atoms with van der Waals surface area (Å²) in [5, 5.41) is 4.17. The first kappa shape index (κ1) is 11.9. The Morgan fingerprint density at radius 3 is 2.89 bits per heavy atom. The van der Waals surface area contributed by atoms with E-state index in [1.165, 1.54) is 0 Å². The fourth-order valence-corrected chi connectivity index (χ4v) is 1.40. The molecule has 0 radical (unpaired) electrons. The number of ether oxygens (including phenoxy) is 1. The largest absolute Gasteiger partial charge is 0.456 e. The maximum absolute atomic E-state index is 11.1. The van der Waals surface area contributed by atoms with Crippen LogP contribution in [-0.4, -0.2) is 22.4 Å². The number of aromatic nitrogens is 2. The number of rotatable bonds is 2. The van der Waals surface area contributed by atoms with E-state index in [9.17, 15) is 4.79 Å². The van der Waals surface area contributed by atoms with Gasteiger partial charge in [0.15, 0.2) is 0 Å². The van der Waals surface area contributed by atoms with Crippen LogP contribution in [0.1, 0.15) is 12.5 Å². The average Bonchev–Trinajstić information content (AvgIpc) is 2.87. The molecule has 0 atom stereocenters. The molecule has 90 valence electrons. The highest BCUT2D eigenvalue weighted by atomic mass is 16.5. The van der Waals surface area contributed by atoms with Crippen LogP contribution in [0, 0.1) is 11.8 Å². The Labute approximate surface area is 105 Å². The van der Waals surface area contributed by atoms with Crippen LogP contribution < -0.4 is 0 Å². The van der Waals surface area contributed by atoms with E-state index in [2.05, 4.69) is 16.9 Å². The molecule has 2 aromatic rings. The van der Waals surface area contributed by atoms with Crippen LogP contribution in [-0.2, 0) is 9.53 Å². The molecule has 0 aliphatic rings. The minimum Gasteiger partial charge on any atom is -0.456 e. The van der Waals surface area contributed by atoms with E-state index >= 15 is 0 Å². The summed E-state index contributed by atoms with van der Waals surface area (Å²) in [6.45, 7) is 2.07. The summed E-state index contributed by atoms with van der Waals surface area (Å²) in [6, 6.07) is 9.68. The van der Waals surface area contributed by atoms with Gasteiger partial charge in [-0.3, -0.25) is 0 Å². The molecule has 0 amide bonds. The Bertz CT molecular complexity index is 591.